The predicted molar refractivity (Wildman–Crippen MR) is 170 cm³/mol. The fourth-order valence-electron chi connectivity index (χ4n) is 6.29. The van der Waals surface area contributed by atoms with Crippen LogP contribution >= 0.6 is 0 Å². The van der Waals surface area contributed by atoms with Crippen molar-refractivity contribution in [1.29, 1.82) is 0 Å². The molecule has 0 aliphatic carbocycles. The molecular weight excluding hydrogens is 514 g/mol. The first kappa shape index (κ1) is 23.0. The van der Waals surface area contributed by atoms with Crippen molar-refractivity contribution in [2.45, 2.75) is 0 Å². The number of hydrogen-bond donors (Lipinski definition) is 0. The van der Waals surface area contributed by atoms with E-state index in [1.807, 2.05) is 42.5 Å². The molecular formula is C38H23N3O. The van der Waals surface area contributed by atoms with E-state index in [0.717, 1.165) is 66.8 Å². The fraction of sp³-hybridized carbons (Fsp3) is 0. The second-order valence-corrected chi connectivity index (χ2v) is 10.7. The summed E-state index contributed by atoms with van der Waals surface area (Å²) >= 11 is 0. The standard InChI is InChI=1S/C38H23N3O/c1-3-11-24(12-4-1)31-22-32(25-13-5-2-6-14-25)40-38(39-31)41-33-19-8-7-17-27(33)29-21-30-28-18-9-15-26-16-10-20-35(37(26)28)42-36(30)23-34(29)41/h1-23H. The average Bonchev–Trinajstić information content (AvgIpc) is 3.38. The predicted octanol–water partition coefficient (Wildman–Crippen LogP) is 9.83. The second-order valence-electron chi connectivity index (χ2n) is 10.7. The Kier molecular flexibility index (Phi) is 4.87. The Hall–Kier alpha value is -5.74. The molecule has 196 valence electrons. The first-order valence-electron chi connectivity index (χ1n) is 14.1. The minimum atomic E-state index is 0.625. The lowest BCUT2D eigenvalue weighted by molar-refractivity contribution is 0.487. The van der Waals surface area contributed by atoms with Gasteiger partial charge in [0.25, 0.3) is 0 Å². The van der Waals surface area contributed by atoms with Gasteiger partial charge in [0.15, 0.2) is 0 Å². The molecule has 0 amide bonds. The van der Waals surface area contributed by atoms with Gasteiger partial charge >= 0.3 is 0 Å². The van der Waals surface area contributed by atoms with Crippen LogP contribution in [0.25, 0.3) is 72.2 Å². The molecule has 0 spiro atoms. The van der Waals surface area contributed by atoms with E-state index in [4.69, 9.17) is 14.7 Å². The summed E-state index contributed by atoms with van der Waals surface area (Å²) in [6.45, 7) is 0. The van der Waals surface area contributed by atoms with Crippen LogP contribution in [-0.2, 0) is 0 Å². The third-order valence-corrected chi connectivity index (χ3v) is 8.20. The van der Waals surface area contributed by atoms with E-state index in [0.29, 0.717) is 5.95 Å². The maximum absolute atomic E-state index is 6.58. The number of ether oxygens (including phenoxy) is 1. The molecule has 4 heteroatoms. The van der Waals surface area contributed by atoms with Crippen LogP contribution < -0.4 is 4.74 Å². The summed E-state index contributed by atoms with van der Waals surface area (Å²) in [5.74, 6) is 2.34. The first-order valence-corrected chi connectivity index (χ1v) is 14.1. The van der Waals surface area contributed by atoms with E-state index in [1.165, 1.54) is 10.9 Å². The normalized spacial score (nSPS) is 12.0. The molecule has 3 heterocycles. The molecule has 0 radical (unpaired) electrons. The molecule has 6 aromatic carbocycles. The van der Waals surface area contributed by atoms with Crippen molar-refractivity contribution in [2.75, 3.05) is 0 Å². The smallest absolute Gasteiger partial charge is 0.235 e. The minimum absolute atomic E-state index is 0.625. The highest BCUT2D eigenvalue weighted by molar-refractivity contribution is 6.13. The summed E-state index contributed by atoms with van der Waals surface area (Å²) in [6.07, 6.45) is 0. The average molecular weight is 538 g/mol. The van der Waals surface area contributed by atoms with Crippen molar-refractivity contribution in [3.63, 3.8) is 0 Å². The number of nitrogens with zero attached hydrogens (tertiary/aromatic N) is 3. The van der Waals surface area contributed by atoms with Crippen molar-refractivity contribution in [2.24, 2.45) is 0 Å². The van der Waals surface area contributed by atoms with E-state index in [-0.39, 0.29) is 0 Å². The Morgan fingerprint density at radius 2 is 1.14 bits per heavy atom. The highest BCUT2D eigenvalue weighted by Gasteiger charge is 2.24. The molecule has 9 rings (SSSR count). The summed E-state index contributed by atoms with van der Waals surface area (Å²) < 4.78 is 8.75. The topological polar surface area (TPSA) is 39.9 Å². The van der Waals surface area contributed by atoms with Crippen LogP contribution in [0.1, 0.15) is 0 Å². The first-order chi connectivity index (χ1) is 20.8. The Labute approximate surface area is 242 Å². The van der Waals surface area contributed by atoms with Crippen molar-refractivity contribution in [3.8, 4) is 51.1 Å². The summed E-state index contributed by atoms with van der Waals surface area (Å²) in [7, 11) is 0. The Balaban J connectivity index is 1.35. The number of fused-ring (bicyclic) bond motifs is 5. The number of hydrogen-bond acceptors (Lipinski definition) is 3. The molecule has 0 fully saturated rings. The lowest BCUT2D eigenvalue weighted by atomic mass is 9.93. The molecule has 0 saturated heterocycles. The maximum Gasteiger partial charge on any atom is 0.235 e. The Bertz CT molecular complexity index is 2260. The van der Waals surface area contributed by atoms with Crippen LogP contribution in [0.15, 0.2) is 140 Å². The number of rotatable bonds is 3. The molecule has 2 aromatic heterocycles. The lowest BCUT2D eigenvalue weighted by Crippen LogP contribution is -2.04. The van der Waals surface area contributed by atoms with Gasteiger partial charge in [-0.05, 0) is 35.2 Å². The van der Waals surface area contributed by atoms with E-state index in [9.17, 15) is 0 Å². The summed E-state index contributed by atoms with van der Waals surface area (Å²) in [4.78, 5) is 10.3. The molecule has 0 N–H and O–H groups in total. The zero-order chi connectivity index (χ0) is 27.6. The molecule has 0 unspecified atom stereocenters. The van der Waals surface area contributed by atoms with Crippen molar-refractivity contribution in [1.82, 2.24) is 14.5 Å². The molecule has 8 aromatic rings. The molecule has 4 nitrogen and oxygen atoms in total. The van der Waals surface area contributed by atoms with Crippen LogP contribution in [0.4, 0.5) is 0 Å². The number of benzene rings is 6. The van der Waals surface area contributed by atoms with Crippen molar-refractivity contribution < 1.29 is 4.74 Å². The van der Waals surface area contributed by atoms with Crippen LogP contribution in [-0.4, -0.2) is 14.5 Å². The zero-order valence-electron chi connectivity index (χ0n) is 22.5. The SMILES string of the molecule is c1ccc(-c2cc(-c3ccccc3)nc(-n3c4ccccc4c4cc5c(cc43)Oc3cccc4cccc-5c34)n2)cc1. The van der Waals surface area contributed by atoms with Crippen LogP contribution in [0.2, 0.25) is 0 Å². The summed E-state index contributed by atoms with van der Waals surface area (Å²) in [6, 6.07) is 48.3. The van der Waals surface area contributed by atoms with Crippen LogP contribution in [0.3, 0.4) is 0 Å². The molecule has 1 aliphatic rings. The minimum Gasteiger partial charge on any atom is -0.456 e. The van der Waals surface area contributed by atoms with Crippen molar-refractivity contribution in [3.05, 3.63) is 140 Å². The van der Waals surface area contributed by atoms with E-state index in [1.54, 1.807) is 0 Å². The highest BCUT2D eigenvalue weighted by atomic mass is 16.5. The lowest BCUT2D eigenvalue weighted by Gasteiger charge is -2.21. The summed E-state index contributed by atoms with van der Waals surface area (Å²) in [5, 5.41) is 4.62. The highest BCUT2D eigenvalue weighted by Crippen LogP contribution is 2.49. The Morgan fingerprint density at radius 1 is 0.476 bits per heavy atom. The third-order valence-electron chi connectivity index (χ3n) is 8.20. The monoisotopic (exact) mass is 537 g/mol. The molecule has 0 saturated carbocycles. The molecule has 42 heavy (non-hydrogen) atoms. The van der Waals surface area contributed by atoms with Crippen LogP contribution in [0.5, 0.6) is 11.5 Å². The zero-order valence-corrected chi connectivity index (χ0v) is 22.5. The third kappa shape index (κ3) is 3.42. The second kappa shape index (κ2) is 8.88. The van der Waals surface area contributed by atoms with Gasteiger partial charge in [-0.2, -0.15) is 0 Å². The van der Waals surface area contributed by atoms with E-state index in [2.05, 4.69) is 102 Å². The van der Waals surface area contributed by atoms with E-state index < -0.39 is 0 Å². The van der Waals surface area contributed by atoms with Gasteiger partial charge < -0.3 is 4.74 Å². The fourth-order valence-corrected chi connectivity index (χ4v) is 6.29. The van der Waals surface area contributed by atoms with Crippen molar-refractivity contribution >= 4 is 32.6 Å². The van der Waals surface area contributed by atoms with Crippen LogP contribution in [0, 0.1) is 0 Å². The molecule has 1 aliphatic heterocycles. The number of aromatic nitrogens is 3. The largest absolute Gasteiger partial charge is 0.456 e. The van der Waals surface area contributed by atoms with Gasteiger partial charge in [-0.25, -0.2) is 9.97 Å². The van der Waals surface area contributed by atoms with Gasteiger partial charge in [0.1, 0.15) is 11.5 Å². The van der Waals surface area contributed by atoms with Gasteiger partial charge in [-0.1, -0.05) is 109 Å². The molecule has 0 bridgehead atoms. The Morgan fingerprint density at radius 3 is 1.88 bits per heavy atom. The molecule has 0 atom stereocenters. The van der Waals surface area contributed by atoms with Gasteiger partial charge in [0, 0.05) is 38.9 Å². The summed E-state index contributed by atoms with van der Waals surface area (Å²) in [5.41, 5.74) is 8.19. The van der Waals surface area contributed by atoms with Gasteiger partial charge in [-0.3, -0.25) is 4.57 Å². The van der Waals surface area contributed by atoms with E-state index >= 15 is 0 Å². The van der Waals surface area contributed by atoms with Gasteiger partial charge in [0.05, 0.1) is 22.4 Å². The quantitative estimate of drug-likeness (QED) is 0.225. The maximum atomic E-state index is 6.58. The van der Waals surface area contributed by atoms with Gasteiger partial charge in [0.2, 0.25) is 5.95 Å². The number of para-hydroxylation sites is 1. The van der Waals surface area contributed by atoms with Gasteiger partial charge in [-0.15, -0.1) is 0 Å².